The Labute approximate surface area is 181 Å². The zero-order chi connectivity index (χ0) is 21.2. The molecule has 29 heavy (non-hydrogen) atoms. The maximum Gasteiger partial charge on any atom is 0.244 e. The number of amides is 1. The molecule has 0 spiro atoms. The minimum atomic E-state index is -3.77. The van der Waals surface area contributed by atoms with Crippen molar-refractivity contribution in [2.75, 3.05) is 32.1 Å². The molecular weight excluding hydrogens is 435 g/mol. The van der Waals surface area contributed by atoms with Crippen molar-refractivity contribution in [1.29, 1.82) is 0 Å². The quantitative estimate of drug-likeness (QED) is 0.679. The van der Waals surface area contributed by atoms with Crippen molar-refractivity contribution in [2.45, 2.75) is 17.7 Å². The lowest BCUT2D eigenvalue weighted by Gasteiger charge is -2.32. The maximum absolute atomic E-state index is 12.9. The van der Waals surface area contributed by atoms with Gasteiger partial charge >= 0.3 is 0 Å². The molecule has 1 aliphatic rings. The van der Waals surface area contributed by atoms with E-state index < -0.39 is 10.0 Å². The Morgan fingerprint density at radius 3 is 2.31 bits per heavy atom. The third-order valence-corrected chi connectivity index (χ3v) is 7.72. The molecule has 0 aliphatic carbocycles. The first-order valence-corrected chi connectivity index (χ1v) is 11.3. The fourth-order valence-corrected chi connectivity index (χ4v) is 5.57. The molecule has 2 aromatic rings. The third kappa shape index (κ3) is 4.69. The van der Waals surface area contributed by atoms with Gasteiger partial charge in [0.05, 0.1) is 12.1 Å². The van der Waals surface area contributed by atoms with Crippen LogP contribution in [0.5, 0.6) is 5.75 Å². The first-order valence-electron chi connectivity index (χ1n) is 9.11. The number of benzene rings is 2. The average molecular weight is 457 g/mol. The van der Waals surface area contributed by atoms with Gasteiger partial charge in [0, 0.05) is 36.8 Å². The fourth-order valence-electron chi connectivity index (χ4n) is 3.36. The molecule has 0 saturated carbocycles. The second-order valence-electron chi connectivity index (χ2n) is 6.85. The van der Waals surface area contributed by atoms with Crippen molar-refractivity contribution >= 4 is 44.8 Å². The number of rotatable bonds is 5. The van der Waals surface area contributed by atoms with E-state index in [0.29, 0.717) is 23.6 Å². The lowest BCUT2D eigenvalue weighted by Crippen LogP contribution is -2.43. The molecule has 0 N–H and O–H groups in total. The Kier molecular flexibility index (Phi) is 6.73. The molecule has 0 bridgehead atoms. The number of carbonyl (C=O) groups excluding carboxylic acids is 1. The summed E-state index contributed by atoms with van der Waals surface area (Å²) in [4.78, 5) is 14.5. The van der Waals surface area contributed by atoms with Crippen LogP contribution in [0, 0.1) is 5.92 Å². The number of ether oxygens (including phenoxy) is 1. The van der Waals surface area contributed by atoms with Crippen LogP contribution in [0.2, 0.25) is 10.0 Å². The highest BCUT2D eigenvalue weighted by Gasteiger charge is 2.34. The van der Waals surface area contributed by atoms with Crippen LogP contribution in [-0.4, -0.2) is 45.9 Å². The summed E-state index contributed by atoms with van der Waals surface area (Å²) in [6, 6.07) is 11.6. The molecule has 1 heterocycles. The molecule has 6 nitrogen and oxygen atoms in total. The average Bonchev–Trinajstić information content (AvgIpc) is 2.74. The number of anilines is 1. The number of carbonyl (C=O) groups is 1. The topological polar surface area (TPSA) is 66.9 Å². The summed E-state index contributed by atoms with van der Waals surface area (Å²) in [5, 5.41) is 0.436. The predicted octanol–water partition coefficient (Wildman–Crippen LogP) is 4.07. The van der Waals surface area contributed by atoms with E-state index in [2.05, 4.69) is 0 Å². The molecule has 9 heteroatoms. The smallest absolute Gasteiger partial charge is 0.244 e. The Morgan fingerprint density at radius 1 is 1.10 bits per heavy atom. The molecule has 1 aliphatic heterocycles. The van der Waals surface area contributed by atoms with Crippen LogP contribution in [0.1, 0.15) is 12.8 Å². The molecule has 3 rings (SSSR count). The molecule has 0 radical (unpaired) electrons. The first-order chi connectivity index (χ1) is 13.7. The van der Waals surface area contributed by atoms with Gasteiger partial charge in [0.2, 0.25) is 15.9 Å². The molecular formula is C20H22Cl2N2O4S. The maximum atomic E-state index is 12.9. The van der Waals surface area contributed by atoms with Crippen molar-refractivity contribution in [3.63, 3.8) is 0 Å². The Bertz CT molecular complexity index is 988. The second-order valence-corrected chi connectivity index (χ2v) is 9.60. The van der Waals surface area contributed by atoms with Crippen LogP contribution in [0.15, 0.2) is 47.4 Å². The second kappa shape index (κ2) is 8.92. The number of hydrogen-bond donors (Lipinski definition) is 0. The van der Waals surface area contributed by atoms with E-state index in [1.54, 1.807) is 37.3 Å². The monoisotopic (exact) mass is 456 g/mol. The zero-order valence-electron chi connectivity index (χ0n) is 16.1. The van der Waals surface area contributed by atoms with Gasteiger partial charge in [-0.05, 0) is 55.3 Å². The molecule has 1 fully saturated rings. The summed E-state index contributed by atoms with van der Waals surface area (Å²) < 4.78 is 32.4. The summed E-state index contributed by atoms with van der Waals surface area (Å²) in [5.41, 5.74) is 0.761. The van der Waals surface area contributed by atoms with E-state index in [9.17, 15) is 13.2 Å². The number of halogens is 2. The van der Waals surface area contributed by atoms with Crippen molar-refractivity contribution in [1.82, 2.24) is 4.31 Å². The van der Waals surface area contributed by atoms with E-state index in [0.717, 1.165) is 5.69 Å². The number of nitrogens with zero attached hydrogens (tertiary/aromatic N) is 2. The van der Waals surface area contributed by atoms with Gasteiger partial charge in [-0.15, -0.1) is 0 Å². The Hall–Kier alpha value is -1.80. The number of methoxy groups -OCH3 is 1. The molecule has 156 valence electrons. The summed E-state index contributed by atoms with van der Waals surface area (Å²) in [6.07, 6.45) is 0.882. The lowest BCUT2D eigenvalue weighted by atomic mass is 9.96. The highest BCUT2D eigenvalue weighted by molar-refractivity contribution is 7.89. The first kappa shape index (κ1) is 21.9. The molecule has 0 atom stereocenters. The van der Waals surface area contributed by atoms with E-state index >= 15 is 0 Å². The number of piperidine rings is 1. The van der Waals surface area contributed by atoms with Crippen LogP contribution in [0.4, 0.5) is 5.69 Å². The van der Waals surface area contributed by atoms with Gasteiger partial charge < -0.3 is 9.64 Å². The molecule has 1 amide bonds. The van der Waals surface area contributed by atoms with Gasteiger partial charge in [-0.3, -0.25) is 4.79 Å². The van der Waals surface area contributed by atoms with Crippen LogP contribution in [0.25, 0.3) is 0 Å². The van der Waals surface area contributed by atoms with Gasteiger partial charge in [0.15, 0.2) is 0 Å². The summed E-state index contributed by atoms with van der Waals surface area (Å²) in [5.74, 6) is 0.434. The molecule has 2 aromatic carbocycles. The van der Waals surface area contributed by atoms with Crippen LogP contribution in [0.3, 0.4) is 0 Å². The van der Waals surface area contributed by atoms with Crippen molar-refractivity contribution in [3.05, 3.63) is 52.5 Å². The van der Waals surface area contributed by atoms with Gasteiger partial charge in [0.25, 0.3) is 0 Å². The number of hydrogen-bond acceptors (Lipinski definition) is 4. The number of sulfonamides is 1. The van der Waals surface area contributed by atoms with Gasteiger partial charge in [-0.2, -0.15) is 4.31 Å². The minimum Gasteiger partial charge on any atom is -0.497 e. The summed E-state index contributed by atoms with van der Waals surface area (Å²) >= 11 is 12.0. The lowest BCUT2D eigenvalue weighted by molar-refractivity contribution is -0.123. The predicted molar refractivity (Wildman–Crippen MR) is 114 cm³/mol. The van der Waals surface area contributed by atoms with E-state index in [1.807, 2.05) is 12.1 Å². The summed E-state index contributed by atoms with van der Waals surface area (Å²) in [7, 11) is -0.459. The molecule has 0 unspecified atom stereocenters. The minimum absolute atomic E-state index is 0.00760. The SMILES string of the molecule is COc1ccc(N(C)C(=O)C2CCN(S(=O)(=O)c3cc(Cl)ccc3Cl)CC2)cc1. The van der Waals surface area contributed by atoms with E-state index in [1.165, 1.54) is 16.4 Å². The van der Waals surface area contributed by atoms with E-state index in [4.69, 9.17) is 27.9 Å². The third-order valence-electron chi connectivity index (χ3n) is 5.10. The van der Waals surface area contributed by atoms with Crippen LogP contribution < -0.4 is 9.64 Å². The van der Waals surface area contributed by atoms with Crippen LogP contribution >= 0.6 is 23.2 Å². The Balaban J connectivity index is 1.67. The summed E-state index contributed by atoms with van der Waals surface area (Å²) in [6.45, 7) is 0.496. The molecule has 0 aromatic heterocycles. The Morgan fingerprint density at radius 2 is 1.72 bits per heavy atom. The van der Waals surface area contributed by atoms with Gasteiger partial charge in [-0.25, -0.2) is 8.42 Å². The standard InChI is InChI=1S/C20H22Cl2N2O4S/c1-23(16-4-6-17(28-2)7-5-16)20(25)14-9-11-24(12-10-14)29(26,27)19-13-15(21)3-8-18(19)22/h3-8,13-14H,9-12H2,1-2H3. The van der Waals surface area contributed by atoms with Gasteiger partial charge in [0.1, 0.15) is 10.6 Å². The van der Waals surface area contributed by atoms with E-state index in [-0.39, 0.29) is 34.8 Å². The molecule has 1 saturated heterocycles. The van der Waals surface area contributed by atoms with Crippen molar-refractivity contribution in [2.24, 2.45) is 5.92 Å². The van der Waals surface area contributed by atoms with Crippen molar-refractivity contribution in [3.8, 4) is 5.75 Å². The van der Waals surface area contributed by atoms with Crippen molar-refractivity contribution < 1.29 is 17.9 Å². The largest absolute Gasteiger partial charge is 0.497 e. The fraction of sp³-hybridized carbons (Fsp3) is 0.350. The van der Waals surface area contributed by atoms with Crippen LogP contribution in [-0.2, 0) is 14.8 Å². The zero-order valence-corrected chi connectivity index (χ0v) is 18.5. The normalized spacial score (nSPS) is 15.9. The van der Waals surface area contributed by atoms with Gasteiger partial charge in [-0.1, -0.05) is 23.2 Å². The highest BCUT2D eigenvalue weighted by atomic mass is 35.5. The highest BCUT2D eigenvalue weighted by Crippen LogP contribution is 2.31.